The Morgan fingerprint density at radius 2 is 1.64 bits per heavy atom. The zero-order valence-electron chi connectivity index (χ0n) is 16.3. The van der Waals surface area contributed by atoms with Crippen LogP contribution in [0.4, 0.5) is 5.69 Å². The third-order valence-corrected chi connectivity index (χ3v) is 4.50. The van der Waals surface area contributed by atoms with Gasteiger partial charge >= 0.3 is 0 Å². The second-order valence-electron chi connectivity index (χ2n) is 6.89. The summed E-state index contributed by atoms with van der Waals surface area (Å²) in [6.45, 7) is 1.72. The molecule has 2 amide bonds. The van der Waals surface area contributed by atoms with Gasteiger partial charge in [-0.15, -0.1) is 0 Å². The molecule has 0 aliphatic rings. The molecule has 1 N–H and O–H groups in total. The smallest absolute Gasteiger partial charge is 0.265 e. The predicted molar refractivity (Wildman–Crippen MR) is 112 cm³/mol. The molecule has 0 aromatic heterocycles. The largest absolute Gasteiger partial charge is 0.480 e. The summed E-state index contributed by atoms with van der Waals surface area (Å²) in [5.41, 5.74) is 1.57. The van der Waals surface area contributed by atoms with Gasteiger partial charge in [0.25, 0.3) is 5.91 Å². The minimum atomic E-state index is -0.652. The van der Waals surface area contributed by atoms with Crippen LogP contribution in [0.15, 0.2) is 66.7 Å². The number of anilines is 1. The topological polar surface area (TPSA) is 58.6 Å². The Bertz CT molecular complexity index is 975. The molecule has 0 saturated carbocycles. The Morgan fingerprint density at radius 3 is 2.36 bits per heavy atom. The molecule has 0 unspecified atom stereocenters. The van der Waals surface area contributed by atoms with Gasteiger partial charge in [0.2, 0.25) is 5.91 Å². The lowest BCUT2D eigenvalue weighted by Crippen LogP contribution is -2.30. The van der Waals surface area contributed by atoms with E-state index in [1.54, 1.807) is 38.1 Å². The lowest BCUT2D eigenvalue weighted by atomic mass is 10.1. The van der Waals surface area contributed by atoms with Gasteiger partial charge < -0.3 is 15.0 Å². The first-order valence-corrected chi connectivity index (χ1v) is 9.18. The van der Waals surface area contributed by atoms with E-state index in [0.29, 0.717) is 17.9 Å². The van der Waals surface area contributed by atoms with Gasteiger partial charge in [-0.25, -0.2) is 0 Å². The first-order valence-electron chi connectivity index (χ1n) is 9.18. The van der Waals surface area contributed by atoms with E-state index in [0.717, 1.165) is 16.3 Å². The number of nitrogens with one attached hydrogen (secondary N) is 1. The van der Waals surface area contributed by atoms with Gasteiger partial charge in [0.1, 0.15) is 5.75 Å². The molecule has 0 fully saturated rings. The minimum absolute atomic E-state index is 0.0360. The molecule has 0 bridgehead atoms. The number of carbonyl (C=O) groups excluding carboxylic acids is 2. The lowest BCUT2D eigenvalue weighted by Gasteiger charge is -2.16. The van der Waals surface area contributed by atoms with Crippen LogP contribution in [0.5, 0.6) is 5.75 Å². The highest BCUT2D eigenvalue weighted by Gasteiger charge is 2.16. The Balaban J connectivity index is 1.63. The van der Waals surface area contributed by atoms with Gasteiger partial charge in [0, 0.05) is 25.2 Å². The molecule has 28 heavy (non-hydrogen) atoms. The van der Waals surface area contributed by atoms with Crippen LogP contribution in [0.25, 0.3) is 10.8 Å². The first kappa shape index (κ1) is 19.4. The van der Waals surface area contributed by atoms with Gasteiger partial charge in [-0.3, -0.25) is 9.59 Å². The molecule has 0 saturated heterocycles. The maximum absolute atomic E-state index is 12.5. The Labute approximate surface area is 164 Å². The van der Waals surface area contributed by atoms with Crippen LogP contribution in [0.3, 0.4) is 0 Å². The second kappa shape index (κ2) is 8.57. The molecule has 0 aliphatic heterocycles. The maximum atomic E-state index is 12.5. The molecular formula is C23H24N2O3. The van der Waals surface area contributed by atoms with Crippen molar-refractivity contribution in [2.45, 2.75) is 19.4 Å². The fourth-order valence-electron chi connectivity index (χ4n) is 2.82. The molecule has 5 nitrogen and oxygen atoms in total. The highest BCUT2D eigenvalue weighted by atomic mass is 16.5. The number of benzene rings is 3. The fraction of sp³-hybridized carbons (Fsp3) is 0.217. The second-order valence-corrected chi connectivity index (χ2v) is 6.89. The molecule has 0 aliphatic carbocycles. The van der Waals surface area contributed by atoms with Crippen molar-refractivity contribution in [3.8, 4) is 5.75 Å². The average Bonchev–Trinajstić information content (AvgIpc) is 2.69. The van der Waals surface area contributed by atoms with Crippen LogP contribution >= 0.6 is 0 Å². The van der Waals surface area contributed by atoms with Crippen LogP contribution < -0.4 is 10.1 Å². The molecule has 3 aromatic rings. The lowest BCUT2D eigenvalue weighted by molar-refractivity contribution is -0.128. The number of ether oxygens (including phenoxy) is 1. The molecule has 0 spiro atoms. The SMILES string of the molecule is C[C@H](Oc1cccc2ccccc12)C(=O)Nc1ccc(CC(=O)N(C)C)cc1. The van der Waals surface area contributed by atoms with E-state index >= 15 is 0 Å². The predicted octanol–water partition coefficient (Wildman–Crippen LogP) is 3.88. The summed E-state index contributed by atoms with van der Waals surface area (Å²) >= 11 is 0. The maximum Gasteiger partial charge on any atom is 0.265 e. The van der Waals surface area contributed by atoms with Crippen LogP contribution in [0.1, 0.15) is 12.5 Å². The normalized spacial score (nSPS) is 11.7. The highest BCUT2D eigenvalue weighted by molar-refractivity contribution is 5.95. The molecule has 0 heterocycles. The third-order valence-electron chi connectivity index (χ3n) is 4.50. The van der Waals surface area contributed by atoms with Gasteiger partial charge in [-0.05, 0) is 36.1 Å². The van der Waals surface area contributed by atoms with Crippen LogP contribution in [0.2, 0.25) is 0 Å². The number of rotatable bonds is 6. The van der Waals surface area contributed by atoms with Crippen molar-refractivity contribution in [1.29, 1.82) is 0 Å². The number of fused-ring (bicyclic) bond motifs is 1. The first-order chi connectivity index (χ1) is 13.4. The van der Waals surface area contributed by atoms with Crippen LogP contribution in [0, 0.1) is 0 Å². The van der Waals surface area contributed by atoms with Crippen molar-refractivity contribution in [3.63, 3.8) is 0 Å². The van der Waals surface area contributed by atoms with E-state index in [4.69, 9.17) is 4.74 Å². The number of likely N-dealkylation sites (N-methyl/N-ethyl adjacent to an activating group) is 1. The molecule has 144 valence electrons. The quantitative estimate of drug-likeness (QED) is 0.710. The van der Waals surface area contributed by atoms with Gasteiger partial charge in [-0.2, -0.15) is 0 Å². The van der Waals surface area contributed by atoms with Crippen LogP contribution in [-0.2, 0) is 16.0 Å². The number of amides is 2. The summed E-state index contributed by atoms with van der Waals surface area (Å²) in [5.74, 6) is 0.484. The minimum Gasteiger partial charge on any atom is -0.480 e. The summed E-state index contributed by atoms with van der Waals surface area (Å²) in [7, 11) is 3.46. The molecule has 3 rings (SSSR count). The van der Waals surface area contributed by atoms with Crippen molar-refractivity contribution < 1.29 is 14.3 Å². The van der Waals surface area contributed by atoms with E-state index in [-0.39, 0.29) is 11.8 Å². The van der Waals surface area contributed by atoms with E-state index in [2.05, 4.69) is 5.32 Å². The van der Waals surface area contributed by atoms with E-state index in [1.165, 1.54) is 0 Å². The Hall–Kier alpha value is -3.34. The van der Waals surface area contributed by atoms with Gasteiger partial charge in [-0.1, -0.05) is 48.5 Å². The van der Waals surface area contributed by atoms with Crippen molar-refractivity contribution >= 4 is 28.3 Å². The number of hydrogen-bond acceptors (Lipinski definition) is 3. The van der Waals surface area contributed by atoms with E-state index < -0.39 is 6.10 Å². The number of hydrogen-bond donors (Lipinski definition) is 1. The molecule has 0 radical (unpaired) electrons. The van der Waals surface area contributed by atoms with Crippen LogP contribution in [-0.4, -0.2) is 36.9 Å². The molecule has 1 atom stereocenters. The zero-order chi connectivity index (χ0) is 20.1. The Kier molecular flexibility index (Phi) is 5.94. The van der Waals surface area contributed by atoms with Gasteiger partial charge in [0.15, 0.2) is 6.10 Å². The van der Waals surface area contributed by atoms with Crippen molar-refractivity contribution in [2.75, 3.05) is 19.4 Å². The van der Waals surface area contributed by atoms with Crippen molar-refractivity contribution in [3.05, 3.63) is 72.3 Å². The number of carbonyl (C=O) groups is 2. The van der Waals surface area contributed by atoms with Crippen molar-refractivity contribution in [2.24, 2.45) is 0 Å². The van der Waals surface area contributed by atoms with E-state index in [1.807, 2.05) is 54.6 Å². The standard InChI is InChI=1S/C23H24N2O3/c1-16(28-21-10-6-8-18-7-4-5-9-20(18)21)23(27)24-19-13-11-17(12-14-19)15-22(26)25(2)3/h4-14,16H,15H2,1-3H3,(H,24,27)/t16-/m0/s1. The molecule has 5 heteroatoms. The zero-order valence-corrected chi connectivity index (χ0v) is 16.3. The molecular weight excluding hydrogens is 352 g/mol. The summed E-state index contributed by atoms with van der Waals surface area (Å²) < 4.78 is 5.90. The highest BCUT2D eigenvalue weighted by Crippen LogP contribution is 2.26. The van der Waals surface area contributed by atoms with Gasteiger partial charge in [0.05, 0.1) is 6.42 Å². The number of nitrogens with zero attached hydrogens (tertiary/aromatic N) is 1. The summed E-state index contributed by atoms with van der Waals surface area (Å²) in [6.07, 6.45) is -0.317. The van der Waals surface area contributed by atoms with E-state index in [9.17, 15) is 9.59 Å². The summed E-state index contributed by atoms with van der Waals surface area (Å²) in [4.78, 5) is 25.8. The average molecular weight is 376 g/mol. The third kappa shape index (κ3) is 4.68. The summed E-state index contributed by atoms with van der Waals surface area (Å²) in [6, 6.07) is 21.0. The fourth-order valence-corrected chi connectivity index (χ4v) is 2.82. The molecule has 3 aromatic carbocycles. The summed E-state index contributed by atoms with van der Waals surface area (Å²) in [5, 5.41) is 4.89. The monoisotopic (exact) mass is 376 g/mol. The van der Waals surface area contributed by atoms with Crippen molar-refractivity contribution in [1.82, 2.24) is 4.90 Å². The Morgan fingerprint density at radius 1 is 0.964 bits per heavy atom.